The van der Waals surface area contributed by atoms with Crippen LogP contribution in [-0.4, -0.2) is 68.3 Å². The molecular formula is C37H46ClN5O8. The van der Waals surface area contributed by atoms with E-state index in [-0.39, 0.29) is 62.8 Å². The van der Waals surface area contributed by atoms with Crippen LogP contribution in [0.3, 0.4) is 0 Å². The number of methoxy groups -OCH3 is 1. The molecule has 0 radical (unpaired) electrons. The van der Waals surface area contributed by atoms with Gasteiger partial charge in [0.25, 0.3) is 0 Å². The topological polar surface area (TPSA) is 181 Å². The van der Waals surface area contributed by atoms with Crippen LogP contribution in [0.5, 0.6) is 5.75 Å². The highest BCUT2D eigenvalue weighted by atomic mass is 35.5. The fraction of sp³-hybridized carbons (Fsp3) is 0.514. The second-order valence-corrected chi connectivity index (χ2v) is 13.6. The lowest BCUT2D eigenvalue weighted by Gasteiger charge is -2.27. The summed E-state index contributed by atoms with van der Waals surface area (Å²) in [4.78, 5) is 57.0. The number of nitrogens with zero attached hydrogens (tertiary/aromatic N) is 3. The molecular weight excluding hydrogens is 678 g/mol. The Bertz CT molecular complexity index is 1600. The summed E-state index contributed by atoms with van der Waals surface area (Å²) >= 11 is 6.34. The van der Waals surface area contributed by atoms with Crippen LogP contribution in [0, 0.1) is 17.8 Å². The molecule has 2 aliphatic heterocycles. The minimum absolute atomic E-state index is 0.0232. The second-order valence-electron chi connectivity index (χ2n) is 13.2. The van der Waals surface area contributed by atoms with Crippen LogP contribution < -0.4 is 15.4 Å². The maximum absolute atomic E-state index is 13.7. The fourth-order valence-electron chi connectivity index (χ4n) is 6.01. The molecule has 4 rings (SSSR count). The lowest BCUT2D eigenvalue weighted by molar-refractivity contribution is -0.176. The number of halogens is 1. The number of benzene rings is 2. The van der Waals surface area contributed by atoms with E-state index in [4.69, 9.17) is 36.1 Å². The van der Waals surface area contributed by atoms with E-state index < -0.39 is 47.9 Å². The largest absolute Gasteiger partial charge is 0.495 e. The Balaban J connectivity index is 1.63. The minimum atomic E-state index is -1.21. The third kappa shape index (κ3) is 11.7. The monoisotopic (exact) mass is 723 g/mol. The van der Waals surface area contributed by atoms with Crippen LogP contribution in [0.1, 0.15) is 63.7 Å². The molecule has 0 aromatic heterocycles. The van der Waals surface area contributed by atoms with Crippen molar-refractivity contribution in [2.75, 3.05) is 20.2 Å². The number of hydrogen-bond acceptors (Lipinski definition) is 9. The number of nitrogens with one attached hydrogen (secondary N) is 2. The molecule has 0 spiro atoms. The van der Waals surface area contributed by atoms with Gasteiger partial charge >= 0.3 is 11.9 Å². The molecule has 1 fully saturated rings. The van der Waals surface area contributed by atoms with Crippen molar-refractivity contribution in [1.82, 2.24) is 10.6 Å². The third-order valence-electron chi connectivity index (χ3n) is 8.89. The van der Waals surface area contributed by atoms with E-state index in [2.05, 4.69) is 20.7 Å². The van der Waals surface area contributed by atoms with Gasteiger partial charge < -0.3 is 29.6 Å². The zero-order chi connectivity index (χ0) is 36.9. The van der Waals surface area contributed by atoms with Crippen LogP contribution in [0.25, 0.3) is 10.4 Å². The zero-order valence-electron chi connectivity index (χ0n) is 29.3. The van der Waals surface area contributed by atoms with E-state index in [1.165, 1.54) is 13.2 Å². The van der Waals surface area contributed by atoms with E-state index >= 15 is 0 Å². The SMILES string of the molecule is COc1ccc(C[C@H]2NC(=O)/C=C/C[C@@H]([C@H](C)[C@H]3O[C@@H]3c3ccccc3)OC(=O)[C@H](CC(C)C)OC(=O)[C@H](CCCN=[N+]=[N-])CNC2=O)cc1Cl. The Morgan fingerprint density at radius 1 is 1.06 bits per heavy atom. The quantitative estimate of drug-likeness (QED) is 0.0688. The highest BCUT2D eigenvalue weighted by Crippen LogP contribution is 2.45. The van der Waals surface area contributed by atoms with Crippen LogP contribution in [0.15, 0.2) is 65.8 Å². The molecule has 2 heterocycles. The molecule has 274 valence electrons. The highest BCUT2D eigenvalue weighted by molar-refractivity contribution is 6.32. The molecule has 0 bridgehead atoms. The van der Waals surface area contributed by atoms with E-state index in [0.717, 1.165) is 5.56 Å². The summed E-state index contributed by atoms with van der Waals surface area (Å²) < 4.78 is 23.2. The predicted octanol–water partition coefficient (Wildman–Crippen LogP) is 5.80. The van der Waals surface area contributed by atoms with Crippen molar-refractivity contribution in [3.63, 3.8) is 0 Å². The number of carbonyl (C=O) groups excluding carboxylic acids is 4. The molecule has 2 aliphatic rings. The first-order chi connectivity index (χ1) is 24.5. The molecule has 1 saturated heterocycles. The summed E-state index contributed by atoms with van der Waals surface area (Å²) in [6.45, 7) is 5.70. The summed E-state index contributed by atoms with van der Waals surface area (Å²) in [5.74, 6) is -3.20. The number of cyclic esters (lactones) is 2. The molecule has 0 unspecified atom stereocenters. The molecule has 51 heavy (non-hydrogen) atoms. The van der Waals surface area contributed by atoms with Gasteiger partial charge in [0.1, 0.15) is 24.0 Å². The van der Waals surface area contributed by atoms with Gasteiger partial charge in [0.15, 0.2) is 6.10 Å². The van der Waals surface area contributed by atoms with Gasteiger partial charge in [-0.25, -0.2) is 4.79 Å². The Hall–Kier alpha value is -4.58. The number of esters is 2. The number of ether oxygens (including phenoxy) is 4. The minimum Gasteiger partial charge on any atom is -0.495 e. The Morgan fingerprint density at radius 3 is 2.51 bits per heavy atom. The van der Waals surface area contributed by atoms with Crippen LogP contribution in [0.4, 0.5) is 0 Å². The number of carbonyl (C=O) groups is 4. The summed E-state index contributed by atoms with van der Waals surface area (Å²) in [6.07, 6.45) is 1.56. The maximum Gasteiger partial charge on any atom is 0.347 e. The molecule has 2 amide bonds. The Morgan fingerprint density at radius 2 is 1.82 bits per heavy atom. The molecule has 13 nitrogen and oxygen atoms in total. The molecule has 2 aromatic carbocycles. The van der Waals surface area contributed by atoms with Crippen LogP contribution >= 0.6 is 11.6 Å². The highest BCUT2D eigenvalue weighted by Gasteiger charge is 2.47. The molecule has 2 N–H and O–H groups in total. The van der Waals surface area contributed by atoms with Crippen LogP contribution in [-0.2, 0) is 39.8 Å². The predicted molar refractivity (Wildman–Crippen MR) is 190 cm³/mol. The van der Waals surface area contributed by atoms with E-state index in [0.29, 0.717) is 22.8 Å². The van der Waals surface area contributed by atoms with E-state index in [9.17, 15) is 19.2 Å². The van der Waals surface area contributed by atoms with Crippen LogP contribution in [0.2, 0.25) is 5.02 Å². The third-order valence-corrected chi connectivity index (χ3v) is 9.18. The zero-order valence-corrected chi connectivity index (χ0v) is 30.1. The molecule has 2 aromatic rings. The number of azide groups is 1. The van der Waals surface area contributed by atoms with Gasteiger partial charge in [0, 0.05) is 36.8 Å². The maximum atomic E-state index is 13.7. The number of rotatable bonds is 12. The van der Waals surface area contributed by atoms with Crippen molar-refractivity contribution in [2.45, 2.75) is 83.3 Å². The number of hydrogen-bond donors (Lipinski definition) is 2. The van der Waals surface area contributed by atoms with Gasteiger partial charge in [-0.15, -0.1) is 0 Å². The molecule has 0 aliphatic carbocycles. The first kappa shape index (κ1) is 39.2. The average molecular weight is 724 g/mol. The number of amides is 2. The summed E-state index contributed by atoms with van der Waals surface area (Å²) in [5.41, 5.74) is 10.4. The Labute approximate surface area is 303 Å². The number of epoxide rings is 1. The normalized spacial score (nSPS) is 25.8. The molecule has 7 atom stereocenters. The Kier molecular flexibility index (Phi) is 14.7. The lowest BCUT2D eigenvalue weighted by Crippen LogP contribution is -2.49. The van der Waals surface area contributed by atoms with E-state index in [1.54, 1.807) is 24.3 Å². The summed E-state index contributed by atoms with van der Waals surface area (Å²) in [5, 5.41) is 9.42. The van der Waals surface area contributed by atoms with Gasteiger partial charge in [-0.2, -0.15) is 0 Å². The van der Waals surface area contributed by atoms with Crippen molar-refractivity contribution in [1.29, 1.82) is 0 Å². The van der Waals surface area contributed by atoms with Gasteiger partial charge in [0.2, 0.25) is 11.8 Å². The van der Waals surface area contributed by atoms with Gasteiger partial charge in [-0.3, -0.25) is 14.4 Å². The van der Waals surface area contributed by atoms with Gasteiger partial charge in [-0.1, -0.05) is 80.0 Å². The van der Waals surface area contributed by atoms with Crippen molar-refractivity contribution in [3.8, 4) is 5.75 Å². The molecule has 0 saturated carbocycles. The average Bonchev–Trinajstić information content (AvgIpc) is 3.91. The first-order valence-electron chi connectivity index (χ1n) is 17.2. The van der Waals surface area contributed by atoms with Crippen molar-refractivity contribution < 1.29 is 38.1 Å². The summed E-state index contributed by atoms with van der Waals surface area (Å²) in [7, 11) is 1.49. The fourth-order valence-corrected chi connectivity index (χ4v) is 6.29. The van der Waals surface area contributed by atoms with Crippen molar-refractivity contribution in [3.05, 3.63) is 87.3 Å². The van der Waals surface area contributed by atoms with Crippen molar-refractivity contribution in [2.24, 2.45) is 22.9 Å². The smallest absolute Gasteiger partial charge is 0.347 e. The standard InChI is InChI=1S/C37H46ClN5O8/c1-22(2)18-31-37(47)49-29(23(3)33-34(51-33)25-10-6-5-7-11-25)13-8-14-32(44)42-28(20-24-15-16-30(48-4)27(38)19-24)35(45)40-21-26(36(46)50-31)12-9-17-41-43-39/h5-8,10-11,14-16,19,22-23,26,28-29,31,33-34H,9,12-13,17-18,20-21H2,1-4H3,(H,40,45)(H,42,44)/b14-8+/t23-,26+,28+,29-,31-,33+,34+/m0/s1. The lowest BCUT2D eigenvalue weighted by atomic mass is 9.93. The molecule has 14 heteroatoms. The van der Waals surface area contributed by atoms with Gasteiger partial charge in [0.05, 0.1) is 24.2 Å². The van der Waals surface area contributed by atoms with Gasteiger partial charge in [-0.05, 0) is 60.0 Å². The second kappa shape index (κ2) is 19.1. The van der Waals surface area contributed by atoms with E-state index in [1.807, 2.05) is 51.1 Å². The first-order valence-corrected chi connectivity index (χ1v) is 17.6. The van der Waals surface area contributed by atoms with Crippen molar-refractivity contribution >= 4 is 35.4 Å². The summed E-state index contributed by atoms with van der Waals surface area (Å²) in [6, 6.07) is 13.8.